The highest BCUT2D eigenvalue weighted by molar-refractivity contribution is 7.92. The number of aromatic nitrogens is 2. The van der Waals surface area contributed by atoms with E-state index in [0.717, 1.165) is 5.56 Å². The maximum atomic E-state index is 13.0. The average molecular weight is 406 g/mol. The number of sulfonamides is 1. The summed E-state index contributed by atoms with van der Waals surface area (Å²) < 4.78 is 40.7. The molecule has 140 valence electrons. The van der Waals surface area contributed by atoms with Crippen LogP contribution < -0.4 is 14.2 Å². The zero-order chi connectivity index (χ0) is 19.2. The number of benzene rings is 2. The third kappa shape index (κ3) is 3.00. The molecule has 0 radical (unpaired) electrons. The van der Waals surface area contributed by atoms with Gasteiger partial charge in [0.1, 0.15) is 5.82 Å². The van der Waals surface area contributed by atoms with E-state index in [-0.39, 0.29) is 5.03 Å². The first-order chi connectivity index (χ1) is 12.9. The second-order valence-electron chi connectivity index (χ2n) is 5.98. The average Bonchev–Trinajstić information content (AvgIpc) is 3.19. The first-order valence-corrected chi connectivity index (χ1v) is 9.89. The number of methoxy groups -OCH3 is 2. The lowest BCUT2D eigenvalue weighted by Crippen LogP contribution is -2.16. The van der Waals surface area contributed by atoms with Crippen molar-refractivity contribution in [2.75, 3.05) is 18.9 Å². The summed E-state index contributed by atoms with van der Waals surface area (Å²) in [4.78, 5) is 4.28. The highest BCUT2D eigenvalue weighted by atomic mass is 35.5. The summed E-state index contributed by atoms with van der Waals surface area (Å²) in [6.45, 7) is 0. The van der Waals surface area contributed by atoms with Crippen LogP contribution >= 0.6 is 11.6 Å². The van der Waals surface area contributed by atoms with Crippen molar-refractivity contribution in [3.8, 4) is 17.2 Å². The topological polar surface area (TPSA) is 82.5 Å². The number of hydrogen-bond donors (Lipinski definition) is 1. The number of nitrogens with zero attached hydrogens (tertiary/aromatic N) is 2. The Labute approximate surface area is 161 Å². The van der Waals surface area contributed by atoms with Crippen LogP contribution in [0.5, 0.6) is 11.5 Å². The molecule has 2 heterocycles. The normalized spacial score (nSPS) is 12.4. The largest absolute Gasteiger partial charge is 0.493 e. The van der Waals surface area contributed by atoms with Gasteiger partial charge in [0.05, 0.1) is 31.8 Å². The van der Waals surface area contributed by atoms with Gasteiger partial charge >= 0.3 is 0 Å². The Morgan fingerprint density at radius 2 is 1.89 bits per heavy atom. The lowest BCUT2D eigenvalue weighted by atomic mass is 10.1. The molecule has 0 saturated carbocycles. The van der Waals surface area contributed by atoms with Crippen LogP contribution in [0.25, 0.3) is 5.69 Å². The summed E-state index contributed by atoms with van der Waals surface area (Å²) in [5, 5.41) is 0.485. The van der Waals surface area contributed by atoms with E-state index in [4.69, 9.17) is 21.1 Å². The van der Waals surface area contributed by atoms with Crippen molar-refractivity contribution in [2.24, 2.45) is 0 Å². The van der Waals surface area contributed by atoms with Gasteiger partial charge in [0.25, 0.3) is 10.0 Å². The molecule has 0 aliphatic carbocycles. The third-order valence-corrected chi connectivity index (χ3v) is 5.91. The molecule has 3 aromatic rings. The molecule has 0 saturated heterocycles. The molecule has 0 amide bonds. The molecule has 2 aromatic carbocycles. The van der Waals surface area contributed by atoms with E-state index in [1.54, 1.807) is 42.0 Å². The quantitative estimate of drug-likeness (QED) is 0.551. The van der Waals surface area contributed by atoms with E-state index in [1.165, 1.54) is 13.3 Å². The number of fused-ring (bicyclic) bond motifs is 3. The molecule has 1 aliphatic rings. The minimum Gasteiger partial charge on any atom is -0.493 e. The molecular formula is C18H16ClN3O4S. The van der Waals surface area contributed by atoms with E-state index in [9.17, 15) is 8.42 Å². The highest BCUT2D eigenvalue weighted by Gasteiger charge is 2.30. The van der Waals surface area contributed by atoms with E-state index < -0.39 is 10.0 Å². The van der Waals surface area contributed by atoms with E-state index in [1.807, 2.05) is 6.07 Å². The summed E-state index contributed by atoms with van der Waals surface area (Å²) in [7, 11) is -0.778. The van der Waals surface area contributed by atoms with Gasteiger partial charge in [-0.15, -0.1) is 0 Å². The smallest absolute Gasteiger partial charge is 0.279 e. The number of halogens is 1. The van der Waals surface area contributed by atoms with Crippen LogP contribution in [0.2, 0.25) is 5.02 Å². The monoisotopic (exact) mass is 405 g/mol. The fraction of sp³-hybridized carbons (Fsp3) is 0.167. The number of anilines is 1. The van der Waals surface area contributed by atoms with Crippen molar-refractivity contribution in [2.45, 2.75) is 11.4 Å². The summed E-state index contributed by atoms with van der Waals surface area (Å²) in [6.07, 6.45) is 1.85. The van der Waals surface area contributed by atoms with Crippen LogP contribution in [-0.4, -0.2) is 32.2 Å². The van der Waals surface area contributed by atoms with Crippen molar-refractivity contribution in [3.63, 3.8) is 0 Å². The molecule has 0 fully saturated rings. The first-order valence-electron chi connectivity index (χ1n) is 8.03. The molecule has 0 bridgehead atoms. The Bertz CT molecular complexity index is 1140. The van der Waals surface area contributed by atoms with Gasteiger partial charge in [-0.2, -0.15) is 8.42 Å². The summed E-state index contributed by atoms with van der Waals surface area (Å²) in [6, 6.07) is 10.1. The Morgan fingerprint density at radius 3 is 2.59 bits per heavy atom. The van der Waals surface area contributed by atoms with Gasteiger partial charge in [0.15, 0.2) is 16.5 Å². The van der Waals surface area contributed by atoms with Crippen molar-refractivity contribution in [1.29, 1.82) is 0 Å². The predicted molar refractivity (Wildman–Crippen MR) is 102 cm³/mol. The standard InChI is InChI=1S/C18H16ClN3O4S/c1-25-15-6-11-7-17-20-10-18(22(17)14(11)9-16(15)26-2)27(23,24)21-13-5-3-4-12(19)8-13/h3-6,8-10,21H,7H2,1-2H3. The zero-order valence-electron chi connectivity index (χ0n) is 14.6. The van der Waals surface area contributed by atoms with Gasteiger partial charge < -0.3 is 9.47 Å². The van der Waals surface area contributed by atoms with Gasteiger partial charge in [-0.1, -0.05) is 17.7 Å². The molecule has 4 rings (SSSR count). The van der Waals surface area contributed by atoms with E-state index >= 15 is 0 Å². The minimum absolute atomic E-state index is 0.0449. The van der Waals surface area contributed by atoms with Gasteiger partial charge in [-0.25, -0.2) is 4.98 Å². The van der Waals surface area contributed by atoms with Gasteiger partial charge in [0.2, 0.25) is 0 Å². The Kier molecular flexibility index (Phi) is 4.24. The molecule has 0 atom stereocenters. The molecule has 1 N–H and O–H groups in total. The molecule has 1 aromatic heterocycles. The fourth-order valence-electron chi connectivity index (χ4n) is 3.13. The summed E-state index contributed by atoms with van der Waals surface area (Å²) in [5.74, 6) is 1.74. The molecule has 27 heavy (non-hydrogen) atoms. The number of hydrogen-bond acceptors (Lipinski definition) is 5. The number of rotatable bonds is 5. The number of nitrogens with one attached hydrogen (secondary N) is 1. The van der Waals surface area contributed by atoms with Crippen LogP contribution in [0.4, 0.5) is 5.69 Å². The van der Waals surface area contributed by atoms with Crippen molar-refractivity contribution in [3.05, 3.63) is 59.0 Å². The third-order valence-electron chi connectivity index (χ3n) is 4.33. The lowest BCUT2D eigenvalue weighted by molar-refractivity contribution is 0.354. The maximum absolute atomic E-state index is 13.0. The van der Waals surface area contributed by atoms with Crippen LogP contribution in [0.1, 0.15) is 11.4 Å². The van der Waals surface area contributed by atoms with Crippen molar-refractivity contribution >= 4 is 27.3 Å². The van der Waals surface area contributed by atoms with E-state index in [0.29, 0.717) is 40.1 Å². The first kappa shape index (κ1) is 17.7. The Hall–Kier alpha value is -2.71. The fourth-order valence-corrected chi connectivity index (χ4v) is 4.50. The van der Waals surface area contributed by atoms with E-state index in [2.05, 4.69) is 9.71 Å². The van der Waals surface area contributed by atoms with Crippen molar-refractivity contribution in [1.82, 2.24) is 9.55 Å². The zero-order valence-corrected chi connectivity index (χ0v) is 16.1. The molecule has 7 nitrogen and oxygen atoms in total. The molecule has 0 unspecified atom stereocenters. The second-order valence-corrected chi connectivity index (χ2v) is 8.04. The number of imidazole rings is 1. The predicted octanol–water partition coefficient (Wildman–Crippen LogP) is 3.25. The summed E-state index contributed by atoms with van der Waals surface area (Å²) in [5.41, 5.74) is 1.99. The second kappa shape index (κ2) is 6.47. The highest BCUT2D eigenvalue weighted by Crippen LogP contribution is 2.38. The minimum atomic E-state index is -3.87. The Balaban J connectivity index is 1.79. The summed E-state index contributed by atoms with van der Waals surface area (Å²) >= 11 is 5.94. The lowest BCUT2D eigenvalue weighted by Gasteiger charge is -2.13. The van der Waals surface area contributed by atoms with Gasteiger partial charge in [0, 0.05) is 17.5 Å². The molecule has 0 spiro atoms. The maximum Gasteiger partial charge on any atom is 0.279 e. The van der Waals surface area contributed by atoms with Crippen LogP contribution in [-0.2, 0) is 16.4 Å². The van der Waals surface area contributed by atoms with Crippen LogP contribution in [0, 0.1) is 0 Å². The SMILES string of the molecule is COc1cc2c(cc1OC)-n1c(S(=O)(=O)Nc3cccc(Cl)c3)cnc1C2. The Morgan fingerprint density at radius 1 is 1.15 bits per heavy atom. The molecular weight excluding hydrogens is 390 g/mol. The van der Waals surface area contributed by atoms with Crippen LogP contribution in [0.3, 0.4) is 0 Å². The van der Waals surface area contributed by atoms with Gasteiger partial charge in [-0.3, -0.25) is 9.29 Å². The molecule has 1 aliphatic heterocycles. The van der Waals surface area contributed by atoms with Gasteiger partial charge in [-0.05, 0) is 29.8 Å². The molecule has 9 heteroatoms. The van der Waals surface area contributed by atoms with Crippen molar-refractivity contribution < 1.29 is 17.9 Å². The van der Waals surface area contributed by atoms with Crippen LogP contribution in [0.15, 0.2) is 47.6 Å². The number of ether oxygens (including phenoxy) is 2.